The summed E-state index contributed by atoms with van der Waals surface area (Å²) in [5.74, 6) is 1.44. The van der Waals surface area contributed by atoms with Crippen LogP contribution in [0.1, 0.15) is 36.2 Å². The molecule has 2 fully saturated rings. The van der Waals surface area contributed by atoms with Gasteiger partial charge in [0.2, 0.25) is 5.95 Å². The van der Waals surface area contributed by atoms with E-state index in [4.69, 9.17) is 9.72 Å². The van der Waals surface area contributed by atoms with Gasteiger partial charge in [0.15, 0.2) is 0 Å². The molecule has 0 bridgehead atoms. The molecule has 0 aromatic carbocycles. The van der Waals surface area contributed by atoms with Crippen LogP contribution in [0.3, 0.4) is 0 Å². The standard InChI is InChI=1S/C18H24N6O2/c1-13-20-15(10-17(25)21-13)16-12-23(8-9-26-16)11-14-4-5-19-18(22-14)24-6-2-3-7-24/h4-5,10,16H,2-3,6-9,11-12H2,1H3,(H,20,21,25). The highest BCUT2D eigenvalue weighted by atomic mass is 16.5. The molecule has 0 saturated carbocycles. The van der Waals surface area contributed by atoms with Crippen LogP contribution in [0.2, 0.25) is 0 Å². The normalized spacial score (nSPS) is 21.3. The zero-order valence-corrected chi connectivity index (χ0v) is 15.0. The number of H-pyrrole nitrogens is 1. The average molecular weight is 356 g/mol. The van der Waals surface area contributed by atoms with E-state index < -0.39 is 0 Å². The van der Waals surface area contributed by atoms with E-state index in [1.165, 1.54) is 18.9 Å². The van der Waals surface area contributed by atoms with Crippen molar-refractivity contribution >= 4 is 5.95 Å². The van der Waals surface area contributed by atoms with E-state index in [1.54, 1.807) is 6.92 Å². The number of rotatable bonds is 4. The first-order chi connectivity index (χ1) is 12.7. The first-order valence-corrected chi connectivity index (χ1v) is 9.16. The van der Waals surface area contributed by atoms with E-state index >= 15 is 0 Å². The summed E-state index contributed by atoms with van der Waals surface area (Å²) >= 11 is 0. The highest BCUT2D eigenvalue weighted by Crippen LogP contribution is 2.21. The largest absolute Gasteiger partial charge is 0.369 e. The molecule has 0 amide bonds. The van der Waals surface area contributed by atoms with Crippen LogP contribution in [-0.2, 0) is 11.3 Å². The summed E-state index contributed by atoms with van der Waals surface area (Å²) in [5, 5.41) is 0. The fourth-order valence-electron chi connectivity index (χ4n) is 3.56. The molecule has 2 aliphatic heterocycles. The molecule has 0 spiro atoms. The Morgan fingerprint density at radius 1 is 1.27 bits per heavy atom. The van der Waals surface area contributed by atoms with Crippen LogP contribution in [0.4, 0.5) is 5.95 Å². The van der Waals surface area contributed by atoms with Gasteiger partial charge in [0.1, 0.15) is 11.9 Å². The van der Waals surface area contributed by atoms with Crippen LogP contribution < -0.4 is 10.5 Å². The van der Waals surface area contributed by atoms with Crippen molar-refractivity contribution in [3.8, 4) is 0 Å². The van der Waals surface area contributed by atoms with Crippen LogP contribution >= 0.6 is 0 Å². The van der Waals surface area contributed by atoms with Gasteiger partial charge in [-0.3, -0.25) is 9.69 Å². The summed E-state index contributed by atoms with van der Waals surface area (Å²) < 4.78 is 5.85. The molecule has 138 valence electrons. The lowest BCUT2D eigenvalue weighted by molar-refractivity contribution is -0.0355. The second-order valence-electron chi connectivity index (χ2n) is 6.89. The van der Waals surface area contributed by atoms with Crippen LogP contribution in [0.5, 0.6) is 0 Å². The predicted octanol–water partition coefficient (Wildman–Crippen LogP) is 1.04. The predicted molar refractivity (Wildman–Crippen MR) is 97.0 cm³/mol. The molecule has 2 saturated heterocycles. The van der Waals surface area contributed by atoms with Crippen LogP contribution in [0.15, 0.2) is 23.1 Å². The number of hydrogen-bond acceptors (Lipinski definition) is 7. The van der Waals surface area contributed by atoms with Crippen LogP contribution in [-0.4, -0.2) is 57.6 Å². The van der Waals surface area contributed by atoms with E-state index in [9.17, 15) is 4.79 Å². The summed E-state index contributed by atoms with van der Waals surface area (Å²) in [6.45, 7) is 6.74. The molecule has 8 heteroatoms. The minimum absolute atomic E-state index is 0.140. The number of aryl methyl sites for hydroxylation is 1. The van der Waals surface area contributed by atoms with Crippen molar-refractivity contribution in [1.29, 1.82) is 0 Å². The van der Waals surface area contributed by atoms with Gasteiger partial charge in [0.25, 0.3) is 5.56 Å². The maximum atomic E-state index is 11.7. The lowest BCUT2D eigenvalue weighted by Crippen LogP contribution is -2.38. The van der Waals surface area contributed by atoms with E-state index in [-0.39, 0.29) is 11.7 Å². The number of nitrogens with one attached hydrogen (secondary N) is 1. The van der Waals surface area contributed by atoms with E-state index in [0.717, 1.165) is 37.8 Å². The fourth-order valence-corrected chi connectivity index (χ4v) is 3.56. The molecule has 8 nitrogen and oxygen atoms in total. The Morgan fingerprint density at radius 3 is 2.92 bits per heavy atom. The smallest absolute Gasteiger partial charge is 0.251 e. The lowest BCUT2D eigenvalue weighted by Gasteiger charge is -2.32. The molecule has 0 aliphatic carbocycles. The molecule has 2 aromatic heterocycles. The maximum absolute atomic E-state index is 11.7. The maximum Gasteiger partial charge on any atom is 0.251 e. The minimum atomic E-state index is -0.190. The SMILES string of the molecule is Cc1nc(C2CN(Cc3ccnc(N4CCCC4)n3)CCO2)cc(=O)[nH]1. The number of anilines is 1. The van der Waals surface area contributed by atoms with Gasteiger partial charge in [0.05, 0.1) is 18.0 Å². The minimum Gasteiger partial charge on any atom is -0.369 e. The monoisotopic (exact) mass is 356 g/mol. The molecule has 4 rings (SSSR count). The van der Waals surface area contributed by atoms with Crippen molar-refractivity contribution in [2.24, 2.45) is 0 Å². The molecule has 4 heterocycles. The van der Waals surface area contributed by atoms with Crippen molar-refractivity contribution < 1.29 is 4.74 Å². The van der Waals surface area contributed by atoms with Gasteiger partial charge in [-0.25, -0.2) is 15.0 Å². The molecule has 1 unspecified atom stereocenters. The number of aromatic nitrogens is 4. The van der Waals surface area contributed by atoms with Gasteiger partial charge in [0, 0.05) is 45.0 Å². The summed E-state index contributed by atoms with van der Waals surface area (Å²) in [6.07, 6.45) is 4.07. The Bertz CT molecular complexity index is 817. The Kier molecular flexibility index (Phi) is 4.94. The first kappa shape index (κ1) is 17.1. The second-order valence-corrected chi connectivity index (χ2v) is 6.89. The Labute approximate surface area is 152 Å². The number of morpholine rings is 1. The summed E-state index contributed by atoms with van der Waals surface area (Å²) in [6, 6.07) is 3.50. The third-order valence-corrected chi connectivity index (χ3v) is 4.84. The third-order valence-electron chi connectivity index (χ3n) is 4.84. The average Bonchev–Trinajstić information content (AvgIpc) is 3.16. The van der Waals surface area contributed by atoms with E-state index in [2.05, 4.69) is 24.8 Å². The van der Waals surface area contributed by atoms with Crippen molar-refractivity contribution in [2.45, 2.75) is 32.4 Å². The highest BCUT2D eigenvalue weighted by Gasteiger charge is 2.24. The van der Waals surface area contributed by atoms with Gasteiger partial charge in [-0.15, -0.1) is 0 Å². The van der Waals surface area contributed by atoms with Gasteiger partial charge < -0.3 is 14.6 Å². The molecule has 1 atom stereocenters. The first-order valence-electron chi connectivity index (χ1n) is 9.16. The van der Waals surface area contributed by atoms with Crippen molar-refractivity contribution in [2.75, 3.05) is 37.7 Å². The van der Waals surface area contributed by atoms with Crippen molar-refractivity contribution in [3.05, 3.63) is 45.9 Å². The molecular formula is C18H24N6O2. The third kappa shape index (κ3) is 3.91. The topological polar surface area (TPSA) is 87.2 Å². The van der Waals surface area contributed by atoms with Gasteiger partial charge in [-0.05, 0) is 25.8 Å². The molecule has 26 heavy (non-hydrogen) atoms. The molecular weight excluding hydrogens is 332 g/mol. The fraction of sp³-hybridized carbons (Fsp3) is 0.556. The molecule has 2 aromatic rings. The molecule has 2 aliphatic rings. The van der Waals surface area contributed by atoms with E-state index in [1.807, 2.05) is 12.3 Å². The van der Waals surface area contributed by atoms with Crippen LogP contribution in [0.25, 0.3) is 0 Å². The van der Waals surface area contributed by atoms with Crippen molar-refractivity contribution in [3.63, 3.8) is 0 Å². The Morgan fingerprint density at radius 2 is 2.12 bits per heavy atom. The summed E-state index contributed by atoms with van der Waals surface area (Å²) in [7, 11) is 0. The molecule has 1 N–H and O–H groups in total. The van der Waals surface area contributed by atoms with Gasteiger partial charge in [-0.2, -0.15) is 0 Å². The zero-order chi connectivity index (χ0) is 17.9. The lowest BCUT2D eigenvalue weighted by atomic mass is 10.2. The van der Waals surface area contributed by atoms with E-state index in [0.29, 0.717) is 24.7 Å². The number of nitrogens with zero attached hydrogens (tertiary/aromatic N) is 5. The second kappa shape index (κ2) is 7.51. The van der Waals surface area contributed by atoms with Crippen LogP contribution in [0, 0.1) is 6.92 Å². The van der Waals surface area contributed by atoms with Crippen molar-refractivity contribution in [1.82, 2.24) is 24.8 Å². The quantitative estimate of drug-likeness (QED) is 0.876. The highest BCUT2D eigenvalue weighted by molar-refractivity contribution is 5.31. The number of aromatic amines is 1. The van der Waals surface area contributed by atoms with Gasteiger partial charge in [-0.1, -0.05) is 0 Å². The zero-order valence-electron chi connectivity index (χ0n) is 15.0. The Hall–Kier alpha value is -2.32. The summed E-state index contributed by atoms with van der Waals surface area (Å²) in [4.78, 5) is 32.5. The number of hydrogen-bond donors (Lipinski definition) is 1. The number of ether oxygens (including phenoxy) is 1. The molecule has 0 radical (unpaired) electrons. The summed E-state index contributed by atoms with van der Waals surface area (Å²) in [5.41, 5.74) is 1.56. The Balaban J connectivity index is 1.45. The van der Waals surface area contributed by atoms with Gasteiger partial charge >= 0.3 is 0 Å².